The van der Waals surface area contributed by atoms with Crippen molar-refractivity contribution >= 4 is 11.9 Å². The van der Waals surface area contributed by atoms with Gasteiger partial charge in [0.25, 0.3) is 5.91 Å². The third-order valence-corrected chi connectivity index (χ3v) is 4.34. The van der Waals surface area contributed by atoms with Crippen LogP contribution in [0, 0.1) is 11.7 Å². The van der Waals surface area contributed by atoms with Crippen LogP contribution in [0.2, 0.25) is 0 Å². The summed E-state index contributed by atoms with van der Waals surface area (Å²) in [6.07, 6.45) is 3.86. The van der Waals surface area contributed by atoms with Crippen LogP contribution in [0.5, 0.6) is 0 Å². The number of carbonyl (C=O) groups excluding carboxylic acids is 1. The van der Waals surface area contributed by atoms with Gasteiger partial charge in [-0.3, -0.25) is 9.59 Å². The number of carboxylic acid groups (broad SMARTS) is 1. The van der Waals surface area contributed by atoms with Gasteiger partial charge < -0.3 is 10.0 Å². The van der Waals surface area contributed by atoms with Gasteiger partial charge in [0.1, 0.15) is 5.82 Å². The summed E-state index contributed by atoms with van der Waals surface area (Å²) >= 11 is 0. The molecular formula is C17H19FN4O3. The molecule has 2 aromatic rings. The molecule has 2 heterocycles. The van der Waals surface area contributed by atoms with Crippen molar-refractivity contribution < 1.29 is 19.1 Å². The Bertz CT molecular complexity index is 760. The van der Waals surface area contributed by atoms with Crippen LogP contribution in [-0.4, -0.2) is 50.0 Å². The van der Waals surface area contributed by atoms with Gasteiger partial charge in [-0.1, -0.05) is 0 Å². The summed E-state index contributed by atoms with van der Waals surface area (Å²) < 4.78 is 13.0. The van der Waals surface area contributed by atoms with Crippen LogP contribution in [0.4, 0.5) is 4.39 Å². The van der Waals surface area contributed by atoms with Crippen molar-refractivity contribution in [2.75, 3.05) is 13.1 Å². The summed E-state index contributed by atoms with van der Waals surface area (Å²) in [6, 6.07) is 5.68. The molecular weight excluding hydrogens is 327 g/mol. The smallest absolute Gasteiger partial charge is 0.303 e. The third-order valence-electron chi connectivity index (χ3n) is 4.34. The molecule has 0 spiro atoms. The highest BCUT2D eigenvalue weighted by molar-refractivity contribution is 5.92. The molecule has 0 bridgehead atoms. The highest BCUT2D eigenvalue weighted by Gasteiger charge is 2.26. The van der Waals surface area contributed by atoms with Crippen LogP contribution in [0.1, 0.15) is 36.2 Å². The number of rotatable bonds is 5. The van der Waals surface area contributed by atoms with Gasteiger partial charge in [0.2, 0.25) is 0 Å². The quantitative estimate of drug-likeness (QED) is 0.896. The zero-order chi connectivity index (χ0) is 17.8. The molecule has 1 amide bonds. The SMILES string of the molecule is O=C(O)CC[C@@H]1CCCN(C(=O)c2cnn(-c3ccc(F)cc3)n2)C1. The molecule has 3 rings (SSSR count). The first-order valence-electron chi connectivity index (χ1n) is 8.22. The maximum Gasteiger partial charge on any atom is 0.303 e. The van der Waals surface area contributed by atoms with Gasteiger partial charge in [0, 0.05) is 19.5 Å². The topological polar surface area (TPSA) is 88.3 Å². The number of piperidine rings is 1. The van der Waals surface area contributed by atoms with Crippen LogP contribution in [-0.2, 0) is 4.79 Å². The summed E-state index contributed by atoms with van der Waals surface area (Å²) in [4.78, 5) is 26.3. The molecule has 1 saturated heterocycles. The fourth-order valence-corrected chi connectivity index (χ4v) is 3.03. The molecule has 1 fully saturated rings. The van der Waals surface area contributed by atoms with E-state index in [1.54, 1.807) is 4.90 Å². The minimum absolute atomic E-state index is 0.118. The molecule has 8 heteroatoms. The van der Waals surface area contributed by atoms with E-state index >= 15 is 0 Å². The maximum atomic E-state index is 13.0. The molecule has 1 aliphatic rings. The van der Waals surface area contributed by atoms with E-state index in [1.165, 1.54) is 35.3 Å². The van der Waals surface area contributed by atoms with Crippen molar-refractivity contribution in [1.82, 2.24) is 19.9 Å². The zero-order valence-corrected chi connectivity index (χ0v) is 13.6. The van der Waals surface area contributed by atoms with Gasteiger partial charge in [0.05, 0.1) is 11.9 Å². The van der Waals surface area contributed by atoms with E-state index in [9.17, 15) is 14.0 Å². The van der Waals surface area contributed by atoms with Crippen molar-refractivity contribution in [2.24, 2.45) is 5.92 Å². The summed E-state index contributed by atoms with van der Waals surface area (Å²) in [5.74, 6) is -1.19. The molecule has 25 heavy (non-hydrogen) atoms. The van der Waals surface area contributed by atoms with Crippen molar-refractivity contribution in [3.8, 4) is 5.69 Å². The third kappa shape index (κ3) is 4.20. The van der Waals surface area contributed by atoms with Gasteiger partial charge in [-0.05, 0) is 49.4 Å². The number of carbonyl (C=O) groups is 2. The standard InChI is InChI=1S/C17H19FN4O3/c18-13-4-6-14(7-5-13)22-19-10-15(20-22)17(25)21-9-1-2-12(11-21)3-8-16(23)24/h4-7,10,12H,1-3,8-9,11H2,(H,23,24)/t12-/m0/s1. The second-order valence-corrected chi connectivity index (χ2v) is 6.19. The number of carboxylic acids is 1. The lowest BCUT2D eigenvalue weighted by atomic mass is 9.93. The number of nitrogens with zero attached hydrogens (tertiary/aromatic N) is 4. The van der Waals surface area contributed by atoms with Gasteiger partial charge in [-0.2, -0.15) is 9.90 Å². The summed E-state index contributed by atoms with van der Waals surface area (Å²) in [5.41, 5.74) is 0.793. The fraction of sp³-hybridized carbons (Fsp3) is 0.412. The number of hydrogen-bond donors (Lipinski definition) is 1. The minimum atomic E-state index is -0.814. The molecule has 0 aliphatic carbocycles. The van der Waals surface area contributed by atoms with Crippen LogP contribution in [0.25, 0.3) is 5.69 Å². The van der Waals surface area contributed by atoms with Gasteiger partial charge in [-0.25, -0.2) is 4.39 Å². The van der Waals surface area contributed by atoms with Crippen molar-refractivity contribution in [1.29, 1.82) is 0 Å². The lowest BCUT2D eigenvalue weighted by Gasteiger charge is -2.32. The largest absolute Gasteiger partial charge is 0.481 e. The lowest BCUT2D eigenvalue weighted by molar-refractivity contribution is -0.137. The minimum Gasteiger partial charge on any atom is -0.481 e. The highest BCUT2D eigenvalue weighted by Crippen LogP contribution is 2.22. The monoisotopic (exact) mass is 346 g/mol. The second-order valence-electron chi connectivity index (χ2n) is 6.19. The Morgan fingerprint density at radius 1 is 1.28 bits per heavy atom. The predicted octanol–water partition coefficient (Wildman–Crippen LogP) is 2.12. The van der Waals surface area contributed by atoms with Crippen molar-refractivity contribution in [2.45, 2.75) is 25.7 Å². The molecule has 1 aromatic carbocycles. The first-order chi connectivity index (χ1) is 12.0. The average Bonchev–Trinajstić information content (AvgIpc) is 3.10. The second kappa shape index (κ2) is 7.42. The van der Waals surface area contributed by atoms with E-state index in [1.807, 2.05) is 0 Å². The maximum absolute atomic E-state index is 13.0. The molecule has 7 nitrogen and oxygen atoms in total. The van der Waals surface area contributed by atoms with Crippen molar-refractivity contribution in [3.63, 3.8) is 0 Å². The highest BCUT2D eigenvalue weighted by atomic mass is 19.1. The molecule has 0 radical (unpaired) electrons. The fourth-order valence-electron chi connectivity index (χ4n) is 3.03. The molecule has 0 saturated carbocycles. The van der Waals surface area contributed by atoms with E-state index in [0.717, 1.165) is 12.8 Å². The zero-order valence-electron chi connectivity index (χ0n) is 13.6. The average molecular weight is 346 g/mol. The first kappa shape index (κ1) is 17.1. The van der Waals surface area contributed by atoms with Crippen LogP contribution in [0.3, 0.4) is 0 Å². The number of benzene rings is 1. The van der Waals surface area contributed by atoms with E-state index in [2.05, 4.69) is 10.2 Å². The molecule has 132 valence electrons. The van der Waals surface area contributed by atoms with Gasteiger partial charge in [0.15, 0.2) is 5.69 Å². The normalized spacial score (nSPS) is 17.5. The lowest BCUT2D eigenvalue weighted by Crippen LogP contribution is -2.40. The number of amides is 1. The summed E-state index contributed by atoms with van der Waals surface area (Å²) in [5, 5.41) is 17.1. The first-order valence-corrected chi connectivity index (χ1v) is 8.22. The number of aromatic nitrogens is 3. The Balaban J connectivity index is 1.66. The molecule has 1 N–H and O–H groups in total. The molecule has 1 aromatic heterocycles. The Morgan fingerprint density at radius 3 is 2.76 bits per heavy atom. The van der Waals surface area contributed by atoms with Crippen molar-refractivity contribution in [3.05, 3.63) is 42.0 Å². The number of aliphatic carboxylic acids is 1. The molecule has 1 aliphatic heterocycles. The number of hydrogen-bond acceptors (Lipinski definition) is 4. The van der Waals surface area contributed by atoms with E-state index in [4.69, 9.17) is 5.11 Å². The van der Waals surface area contributed by atoms with Crippen LogP contribution < -0.4 is 0 Å². The summed E-state index contributed by atoms with van der Waals surface area (Å²) in [6.45, 7) is 1.17. The Labute approximate surface area is 144 Å². The molecule has 0 unspecified atom stereocenters. The van der Waals surface area contributed by atoms with E-state index in [0.29, 0.717) is 25.2 Å². The Morgan fingerprint density at radius 2 is 2.04 bits per heavy atom. The number of likely N-dealkylation sites (tertiary alicyclic amines) is 1. The van der Waals surface area contributed by atoms with E-state index < -0.39 is 5.97 Å². The Hall–Kier alpha value is -2.77. The van der Waals surface area contributed by atoms with Crippen LogP contribution >= 0.6 is 0 Å². The van der Waals surface area contributed by atoms with Crippen LogP contribution in [0.15, 0.2) is 30.5 Å². The number of halogens is 1. The predicted molar refractivity (Wildman–Crippen MR) is 86.8 cm³/mol. The summed E-state index contributed by atoms with van der Waals surface area (Å²) in [7, 11) is 0. The van der Waals surface area contributed by atoms with Gasteiger partial charge in [-0.15, -0.1) is 5.10 Å². The Kier molecular flexibility index (Phi) is 5.06. The van der Waals surface area contributed by atoms with Gasteiger partial charge >= 0.3 is 5.97 Å². The van der Waals surface area contributed by atoms with E-state index in [-0.39, 0.29) is 29.8 Å². The molecule has 1 atom stereocenters.